The fourth-order valence-corrected chi connectivity index (χ4v) is 1.93. The van der Waals surface area contributed by atoms with Gasteiger partial charge < -0.3 is 15.5 Å². The van der Waals surface area contributed by atoms with Gasteiger partial charge in [-0.3, -0.25) is 0 Å². The van der Waals surface area contributed by atoms with E-state index in [2.05, 4.69) is 20.7 Å². The molecule has 0 amide bonds. The normalized spacial score (nSPS) is 10.2. The Balaban J connectivity index is 2.27. The van der Waals surface area contributed by atoms with Gasteiger partial charge in [-0.25, -0.2) is 20.2 Å². The number of ether oxygens (including phenoxy) is 1. The first kappa shape index (κ1) is 14.4. The van der Waals surface area contributed by atoms with Crippen molar-refractivity contribution in [2.45, 2.75) is 5.16 Å². The van der Waals surface area contributed by atoms with Crippen LogP contribution in [0.2, 0.25) is 0 Å². The van der Waals surface area contributed by atoms with Crippen LogP contribution in [0.5, 0.6) is 5.75 Å². The summed E-state index contributed by atoms with van der Waals surface area (Å²) in [5.74, 6) is 6.07. The van der Waals surface area contributed by atoms with Gasteiger partial charge in [0.05, 0.1) is 7.11 Å². The summed E-state index contributed by atoms with van der Waals surface area (Å²) in [6, 6.07) is 6.19. The van der Waals surface area contributed by atoms with E-state index in [1.165, 1.54) is 31.0 Å². The Kier molecular flexibility index (Phi) is 4.59. The Bertz CT molecular complexity index is 588. The number of hydrogen-bond acceptors (Lipinski definition) is 7. The lowest BCUT2D eigenvalue weighted by Gasteiger charge is -2.10. The van der Waals surface area contributed by atoms with Crippen molar-refractivity contribution in [3.8, 4) is 5.75 Å². The summed E-state index contributed by atoms with van der Waals surface area (Å²) in [6.07, 6.45) is 1.85. The second-order valence-corrected chi connectivity index (χ2v) is 4.52. The molecule has 0 saturated heterocycles. The molecule has 0 radical (unpaired) electrons. The van der Waals surface area contributed by atoms with Crippen molar-refractivity contribution >= 4 is 29.1 Å². The largest absolute Gasteiger partial charge is 0.494 e. The van der Waals surface area contributed by atoms with E-state index in [4.69, 9.17) is 10.6 Å². The Morgan fingerprint density at radius 1 is 1.25 bits per heavy atom. The third-order valence-corrected chi connectivity index (χ3v) is 3.01. The first-order valence-corrected chi connectivity index (χ1v) is 6.89. The number of benzene rings is 1. The van der Waals surface area contributed by atoms with E-state index < -0.39 is 5.82 Å². The zero-order chi connectivity index (χ0) is 14.5. The lowest BCUT2D eigenvalue weighted by Crippen LogP contribution is -2.10. The fraction of sp³-hybridized carbons (Fsp3) is 0.167. The van der Waals surface area contributed by atoms with E-state index in [1.807, 2.05) is 6.26 Å². The van der Waals surface area contributed by atoms with Crippen molar-refractivity contribution in [1.82, 2.24) is 9.97 Å². The number of anilines is 3. The van der Waals surface area contributed by atoms with E-state index >= 15 is 0 Å². The fourth-order valence-electron chi connectivity index (χ4n) is 1.55. The summed E-state index contributed by atoms with van der Waals surface area (Å²) in [4.78, 5) is 8.40. The first-order valence-electron chi connectivity index (χ1n) is 5.66. The number of halogens is 1. The zero-order valence-electron chi connectivity index (χ0n) is 11.0. The summed E-state index contributed by atoms with van der Waals surface area (Å²) < 4.78 is 18.5. The van der Waals surface area contributed by atoms with Crippen molar-refractivity contribution in [3.63, 3.8) is 0 Å². The summed E-state index contributed by atoms with van der Waals surface area (Å²) >= 11 is 1.38. The molecule has 0 unspecified atom stereocenters. The van der Waals surface area contributed by atoms with E-state index in [0.29, 0.717) is 22.5 Å². The van der Waals surface area contributed by atoms with Gasteiger partial charge in [0.2, 0.25) is 0 Å². The minimum Gasteiger partial charge on any atom is -0.494 e. The van der Waals surface area contributed by atoms with Crippen LogP contribution >= 0.6 is 11.8 Å². The molecule has 0 aliphatic heterocycles. The SMILES string of the molecule is COc1ccc(Nc2cc(NN)nc(SC)n2)cc1F. The van der Waals surface area contributed by atoms with Crippen LogP contribution < -0.4 is 21.3 Å². The number of hydrazine groups is 1. The maximum atomic E-state index is 13.6. The molecule has 0 atom stereocenters. The van der Waals surface area contributed by atoms with Crippen molar-refractivity contribution in [3.05, 3.63) is 30.1 Å². The summed E-state index contributed by atoms with van der Waals surface area (Å²) in [5, 5.41) is 3.54. The average molecular weight is 295 g/mol. The molecule has 4 N–H and O–H groups in total. The van der Waals surface area contributed by atoms with Crippen LogP contribution in [0.1, 0.15) is 0 Å². The quantitative estimate of drug-likeness (QED) is 0.338. The highest BCUT2D eigenvalue weighted by Crippen LogP contribution is 2.24. The maximum absolute atomic E-state index is 13.6. The number of nitrogens with one attached hydrogen (secondary N) is 2. The van der Waals surface area contributed by atoms with Gasteiger partial charge >= 0.3 is 0 Å². The zero-order valence-corrected chi connectivity index (χ0v) is 11.8. The van der Waals surface area contributed by atoms with Crippen LogP contribution in [0, 0.1) is 5.82 Å². The molecule has 1 heterocycles. The summed E-state index contributed by atoms with van der Waals surface area (Å²) in [5.41, 5.74) is 3.01. The number of methoxy groups -OCH3 is 1. The predicted molar refractivity (Wildman–Crippen MR) is 77.9 cm³/mol. The molecule has 0 bridgehead atoms. The number of nitrogen functional groups attached to an aromatic ring is 1. The number of nitrogens with two attached hydrogens (primary N) is 1. The molecule has 6 nitrogen and oxygen atoms in total. The number of thioether (sulfide) groups is 1. The van der Waals surface area contributed by atoms with Crippen LogP contribution in [0.25, 0.3) is 0 Å². The van der Waals surface area contributed by atoms with Gasteiger partial charge in [0.1, 0.15) is 11.6 Å². The average Bonchev–Trinajstić information content (AvgIpc) is 2.47. The number of rotatable bonds is 5. The second-order valence-electron chi connectivity index (χ2n) is 3.74. The minimum absolute atomic E-state index is 0.187. The molecule has 0 saturated carbocycles. The lowest BCUT2D eigenvalue weighted by atomic mass is 10.3. The topological polar surface area (TPSA) is 85.1 Å². The smallest absolute Gasteiger partial charge is 0.191 e. The standard InChI is InChI=1S/C12H14FN5OS/c1-19-9-4-3-7(5-8(9)13)15-10-6-11(18-14)17-12(16-10)20-2/h3-6H,14H2,1-2H3,(H2,15,16,17,18). The van der Waals surface area contributed by atoms with Gasteiger partial charge in [-0.15, -0.1) is 0 Å². The van der Waals surface area contributed by atoms with E-state index in [1.54, 1.807) is 12.1 Å². The number of nitrogens with zero attached hydrogens (tertiary/aromatic N) is 2. The molecular weight excluding hydrogens is 281 g/mol. The van der Waals surface area contributed by atoms with Crippen molar-refractivity contribution in [2.75, 3.05) is 24.1 Å². The molecule has 20 heavy (non-hydrogen) atoms. The Hall–Kier alpha value is -2.06. The van der Waals surface area contributed by atoms with Crippen LogP contribution in [-0.4, -0.2) is 23.3 Å². The predicted octanol–water partition coefficient (Wildman–Crippen LogP) is 2.38. The molecule has 8 heteroatoms. The molecule has 2 rings (SSSR count). The molecule has 1 aromatic carbocycles. The van der Waals surface area contributed by atoms with Crippen LogP contribution in [0.3, 0.4) is 0 Å². The van der Waals surface area contributed by atoms with Crippen LogP contribution in [0.15, 0.2) is 29.4 Å². The third kappa shape index (κ3) is 3.28. The summed E-state index contributed by atoms with van der Waals surface area (Å²) in [7, 11) is 1.42. The second kappa shape index (κ2) is 6.40. The molecule has 0 aliphatic carbocycles. The highest BCUT2D eigenvalue weighted by atomic mass is 32.2. The first-order chi connectivity index (χ1) is 9.66. The van der Waals surface area contributed by atoms with E-state index in [0.717, 1.165) is 0 Å². The van der Waals surface area contributed by atoms with Crippen LogP contribution in [0.4, 0.5) is 21.7 Å². The Morgan fingerprint density at radius 2 is 2.00 bits per heavy atom. The number of aromatic nitrogens is 2. The summed E-state index contributed by atoms with van der Waals surface area (Å²) in [6.45, 7) is 0. The molecular formula is C12H14FN5OS. The van der Waals surface area contributed by atoms with Crippen molar-refractivity contribution < 1.29 is 9.13 Å². The van der Waals surface area contributed by atoms with Gasteiger partial charge in [0.25, 0.3) is 0 Å². The van der Waals surface area contributed by atoms with Crippen molar-refractivity contribution in [2.24, 2.45) is 5.84 Å². The van der Waals surface area contributed by atoms with Gasteiger partial charge in [0, 0.05) is 17.8 Å². The molecule has 2 aromatic rings. The Labute approximate surface area is 119 Å². The third-order valence-electron chi connectivity index (χ3n) is 2.46. The molecule has 0 aliphatic rings. The number of hydrogen-bond donors (Lipinski definition) is 3. The minimum atomic E-state index is -0.450. The lowest BCUT2D eigenvalue weighted by molar-refractivity contribution is 0.386. The monoisotopic (exact) mass is 295 g/mol. The molecule has 0 fully saturated rings. The van der Waals surface area contributed by atoms with E-state index in [9.17, 15) is 4.39 Å². The highest BCUT2D eigenvalue weighted by molar-refractivity contribution is 7.98. The van der Waals surface area contributed by atoms with Gasteiger partial charge in [-0.1, -0.05) is 11.8 Å². The Morgan fingerprint density at radius 3 is 2.60 bits per heavy atom. The van der Waals surface area contributed by atoms with Gasteiger partial charge in [-0.2, -0.15) is 0 Å². The highest BCUT2D eigenvalue weighted by Gasteiger charge is 2.06. The van der Waals surface area contributed by atoms with Crippen molar-refractivity contribution in [1.29, 1.82) is 0 Å². The molecule has 106 valence electrons. The van der Waals surface area contributed by atoms with Crippen LogP contribution in [-0.2, 0) is 0 Å². The van der Waals surface area contributed by atoms with Gasteiger partial charge in [-0.05, 0) is 18.4 Å². The molecule has 0 spiro atoms. The van der Waals surface area contributed by atoms with E-state index in [-0.39, 0.29) is 5.75 Å². The molecule has 1 aromatic heterocycles. The van der Waals surface area contributed by atoms with Gasteiger partial charge in [0.15, 0.2) is 16.7 Å². The maximum Gasteiger partial charge on any atom is 0.191 e.